The molecular formula is C17H24N2O4. The second-order valence-electron chi connectivity index (χ2n) is 5.59. The van der Waals surface area contributed by atoms with Gasteiger partial charge in [-0.2, -0.15) is 0 Å². The Labute approximate surface area is 136 Å². The minimum absolute atomic E-state index is 0.0838. The highest BCUT2D eigenvalue weighted by molar-refractivity contribution is 5.86. The van der Waals surface area contributed by atoms with E-state index >= 15 is 0 Å². The third-order valence-corrected chi connectivity index (χ3v) is 3.88. The Hall–Kier alpha value is -2.24. The second-order valence-corrected chi connectivity index (χ2v) is 5.59. The van der Waals surface area contributed by atoms with E-state index in [-0.39, 0.29) is 18.4 Å². The van der Waals surface area contributed by atoms with Crippen molar-refractivity contribution in [2.45, 2.75) is 45.6 Å². The Morgan fingerprint density at radius 3 is 2.65 bits per heavy atom. The van der Waals surface area contributed by atoms with Gasteiger partial charge in [-0.3, -0.25) is 20.4 Å². The predicted octanol–water partition coefficient (Wildman–Crippen LogP) is 2.19. The van der Waals surface area contributed by atoms with E-state index in [0.29, 0.717) is 11.5 Å². The lowest BCUT2D eigenvalue weighted by Crippen LogP contribution is -2.52. The van der Waals surface area contributed by atoms with Crippen molar-refractivity contribution in [1.29, 1.82) is 0 Å². The lowest BCUT2D eigenvalue weighted by molar-refractivity contribution is -0.136. The van der Waals surface area contributed by atoms with Gasteiger partial charge in [0.25, 0.3) is 5.91 Å². The van der Waals surface area contributed by atoms with E-state index in [1.807, 2.05) is 19.1 Å². The molecular weight excluding hydrogens is 296 g/mol. The molecule has 0 bridgehead atoms. The van der Waals surface area contributed by atoms with Gasteiger partial charge in [0, 0.05) is 5.92 Å². The summed E-state index contributed by atoms with van der Waals surface area (Å²) in [6, 6.07) is 7.17. The fraction of sp³-hybridized carbons (Fsp3) is 0.529. The number of rotatable bonds is 6. The van der Waals surface area contributed by atoms with Crippen molar-refractivity contribution in [3.8, 4) is 11.5 Å². The van der Waals surface area contributed by atoms with Gasteiger partial charge in [-0.15, -0.1) is 0 Å². The van der Waals surface area contributed by atoms with E-state index < -0.39 is 12.0 Å². The predicted molar refractivity (Wildman–Crippen MR) is 85.9 cm³/mol. The maximum Gasteiger partial charge on any atom is 0.283 e. The van der Waals surface area contributed by atoms with Crippen LogP contribution >= 0.6 is 0 Å². The zero-order valence-corrected chi connectivity index (χ0v) is 13.6. The number of benzene rings is 1. The number of ether oxygens (including phenoxy) is 2. The number of hydrazine groups is 1. The van der Waals surface area contributed by atoms with Crippen LogP contribution in [-0.4, -0.2) is 24.5 Å². The lowest BCUT2D eigenvalue weighted by Gasteiger charge is -2.25. The van der Waals surface area contributed by atoms with Crippen LogP contribution in [0.5, 0.6) is 11.5 Å². The van der Waals surface area contributed by atoms with Gasteiger partial charge in [0.15, 0.2) is 11.5 Å². The molecule has 1 aromatic rings. The van der Waals surface area contributed by atoms with Gasteiger partial charge < -0.3 is 9.47 Å². The van der Waals surface area contributed by atoms with Crippen molar-refractivity contribution in [2.75, 3.05) is 6.61 Å². The van der Waals surface area contributed by atoms with Gasteiger partial charge in [0.1, 0.15) is 6.61 Å². The summed E-state index contributed by atoms with van der Waals surface area (Å²) in [4.78, 5) is 24.2. The Bertz CT molecular complexity index is 547. The number of hydrogen-bond acceptors (Lipinski definition) is 4. The van der Waals surface area contributed by atoms with E-state index in [9.17, 15) is 9.59 Å². The molecule has 0 saturated heterocycles. The summed E-state index contributed by atoms with van der Waals surface area (Å²) in [7, 11) is 0. The number of fused-ring (bicyclic) bond motifs is 1. The molecule has 23 heavy (non-hydrogen) atoms. The fourth-order valence-corrected chi connectivity index (χ4v) is 2.43. The molecule has 0 aliphatic carbocycles. The van der Waals surface area contributed by atoms with Gasteiger partial charge in [-0.05, 0) is 25.0 Å². The first-order valence-corrected chi connectivity index (χ1v) is 8.13. The van der Waals surface area contributed by atoms with Crippen molar-refractivity contribution < 1.29 is 19.1 Å². The van der Waals surface area contributed by atoms with E-state index in [2.05, 4.69) is 17.8 Å². The molecule has 0 fully saturated rings. The van der Waals surface area contributed by atoms with Crippen LogP contribution in [0.4, 0.5) is 0 Å². The maximum absolute atomic E-state index is 12.1. The smallest absolute Gasteiger partial charge is 0.283 e. The normalized spacial score (nSPS) is 17.2. The van der Waals surface area contributed by atoms with Crippen molar-refractivity contribution >= 4 is 11.8 Å². The molecule has 126 valence electrons. The molecule has 0 saturated carbocycles. The Morgan fingerprint density at radius 2 is 1.96 bits per heavy atom. The van der Waals surface area contributed by atoms with E-state index in [4.69, 9.17) is 9.47 Å². The van der Waals surface area contributed by atoms with Gasteiger partial charge in [-0.1, -0.05) is 38.8 Å². The van der Waals surface area contributed by atoms with Crippen molar-refractivity contribution in [3.05, 3.63) is 24.3 Å². The molecule has 2 N–H and O–H groups in total. The van der Waals surface area contributed by atoms with Crippen LogP contribution in [0.1, 0.15) is 39.5 Å². The highest BCUT2D eigenvalue weighted by atomic mass is 16.6. The molecule has 0 spiro atoms. The molecule has 2 atom stereocenters. The standard InChI is InChI=1S/C17H24N2O4/c1-3-5-8-12(4-2)16(20)18-19-17(21)15-11-22-13-9-6-7-10-14(13)23-15/h6-7,9-10,12,15H,3-5,8,11H2,1-2H3,(H,18,20)(H,19,21). The summed E-state index contributed by atoms with van der Waals surface area (Å²) in [6.45, 7) is 4.17. The number of carbonyl (C=O) groups excluding carboxylic acids is 2. The van der Waals surface area contributed by atoms with Crippen LogP contribution in [0.15, 0.2) is 24.3 Å². The molecule has 2 amide bonds. The molecule has 1 aromatic carbocycles. The quantitative estimate of drug-likeness (QED) is 0.788. The van der Waals surface area contributed by atoms with E-state index in [1.165, 1.54) is 0 Å². The maximum atomic E-state index is 12.1. The largest absolute Gasteiger partial charge is 0.485 e. The first-order chi connectivity index (χ1) is 11.2. The van der Waals surface area contributed by atoms with Crippen molar-refractivity contribution in [3.63, 3.8) is 0 Å². The highest BCUT2D eigenvalue weighted by Crippen LogP contribution is 2.30. The molecule has 0 radical (unpaired) electrons. The molecule has 6 heteroatoms. The molecule has 2 unspecified atom stereocenters. The minimum atomic E-state index is -0.777. The monoisotopic (exact) mass is 320 g/mol. The zero-order chi connectivity index (χ0) is 16.7. The molecule has 6 nitrogen and oxygen atoms in total. The van der Waals surface area contributed by atoms with Crippen LogP contribution in [0.2, 0.25) is 0 Å². The Morgan fingerprint density at radius 1 is 1.22 bits per heavy atom. The van der Waals surface area contributed by atoms with Crippen LogP contribution in [-0.2, 0) is 9.59 Å². The van der Waals surface area contributed by atoms with Gasteiger partial charge >= 0.3 is 0 Å². The first kappa shape index (κ1) is 17.1. The van der Waals surface area contributed by atoms with Gasteiger partial charge in [0.05, 0.1) is 0 Å². The Balaban J connectivity index is 1.82. The summed E-state index contributed by atoms with van der Waals surface area (Å²) in [6.07, 6.45) is 2.84. The number of unbranched alkanes of at least 4 members (excludes halogenated alkanes) is 1. The number of nitrogens with one attached hydrogen (secondary N) is 2. The summed E-state index contributed by atoms with van der Waals surface area (Å²) >= 11 is 0. The molecule has 0 aromatic heterocycles. The SMILES string of the molecule is CCCCC(CC)C(=O)NNC(=O)C1COc2ccccc2O1. The molecule has 1 aliphatic heterocycles. The number of amides is 2. The molecule has 1 aliphatic rings. The summed E-state index contributed by atoms with van der Waals surface area (Å²) in [5, 5.41) is 0. The van der Waals surface area contributed by atoms with Crippen molar-refractivity contribution in [2.24, 2.45) is 5.92 Å². The van der Waals surface area contributed by atoms with Gasteiger partial charge in [0.2, 0.25) is 12.0 Å². The lowest BCUT2D eigenvalue weighted by atomic mass is 9.99. The first-order valence-electron chi connectivity index (χ1n) is 8.13. The topological polar surface area (TPSA) is 76.7 Å². The molecule has 1 heterocycles. The second kappa shape index (κ2) is 8.41. The van der Waals surface area contributed by atoms with Crippen LogP contribution < -0.4 is 20.3 Å². The minimum Gasteiger partial charge on any atom is -0.485 e. The van der Waals surface area contributed by atoms with E-state index in [1.54, 1.807) is 12.1 Å². The number of carbonyl (C=O) groups is 2. The number of para-hydroxylation sites is 2. The van der Waals surface area contributed by atoms with Crippen LogP contribution in [0.3, 0.4) is 0 Å². The summed E-state index contributed by atoms with van der Waals surface area (Å²) in [5.74, 6) is 0.481. The van der Waals surface area contributed by atoms with Crippen LogP contribution in [0.25, 0.3) is 0 Å². The summed E-state index contributed by atoms with van der Waals surface area (Å²) in [5.41, 5.74) is 4.92. The summed E-state index contributed by atoms with van der Waals surface area (Å²) < 4.78 is 11.1. The Kier molecular flexibility index (Phi) is 6.26. The zero-order valence-electron chi connectivity index (χ0n) is 13.6. The number of hydrogen-bond donors (Lipinski definition) is 2. The highest BCUT2D eigenvalue weighted by Gasteiger charge is 2.28. The average Bonchev–Trinajstić information content (AvgIpc) is 2.59. The third-order valence-electron chi connectivity index (χ3n) is 3.88. The van der Waals surface area contributed by atoms with Crippen molar-refractivity contribution in [1.82, 2.24) is 10.9 Å². The third kappa shape index (κ3) is 4.61. The van der Waals surface area contributed by atoms with Gasteiger partial charge in [-0.25, -0.2) is 0 Å². The molecule has 2 rings (SSSR count). The fourth-order valence-electron chi connectivity index (χ4n) is 2.43. The average molecular weight is 320 g/mol. The van der Waals surface area contributed by atoms with Crippen LogP contribution in [0, 0.1) is 5.92 Å². The van der Waals surface area contributed by atoms with E-state index in [0.717, 1.165) is 25.7 Å².